The summed E-state index contributed by atoms with van der Waals surface area (Å²) >= 11 is 0. The molecule has 2 N–H and O–H groups in total. The minimum absolute atomic E-state index is 0.237. The van der Waals surface area contributed by atoms with Gasteiger partial charge in [0.2, 0.25) is 5.91 Å². The van der Waals surface area contributed by atoms with Gasteiger partial charge in [-0.25, -0.2) is 0 Å². The number of hydrazine groups is 1. The topological polar surface area (TPSA) is 58.2 Å². The van der Waals surface area contributed by atoms with E-state index < -0.39 is 0 Å². The second kappa shape index (κ2) is 6.70. The molecule has 0 radical (unpaired) electrons. The predicted molar refractivity (Wildman–Crippen MR) is 81.7 cm³/mol. The van der Waals surface area contributed by atoms with Crippen LogP contribution in [0.1, 0.15) is 27.0 Å². The van der Waals surface area contributed by atoms with Crippen molar-refractivity contribution in [1.82, 2.24) is 10.9 Å². The highest BCUT2D eigenvalue weighted by Gasteiger charge is 2.08. The molecular formula is C17H18N2O2. The van der Waals surface area contributed by atoms with Gasteiger partial charge < -0.3 is 0 Å². The van der Waals surface area contributed by atoms with E-state index in [2.05, 4.69) is 10.9 Å². The van der Waals surface area contributed by atoms with Gasteiger partial charge in [-0.3, -0.25) is 20.4 Å². The van der Waals surface area contributed by atoms with Crippen molar-refractivity contribution >= 4 is 11.8 Å². The van der Waals surface area contributed by atoms with Crippen LogP contribution in [0.4, 0.5) is 0 Å². The lowest BCUT2D eigenvalue weighted by molar-refractivity contribution is -0.121. The van der Waals surface area contributed by atoms with Crippen molar-refractivity contribution in [2.75, 3.05) is 0 Å². The van der Waals surface area contributed by atoms with Crippen LogP contribution in [0.5, 0.6) is 0 Å². The van der Waals surface area contributed by atoms with Crippen LogP contribution in [-0.4, -0.2) is 11.8 Å². The second-order valence-electron chi connectivity index (χ2n) is 4.98. The number of carbonyl (C=O) groups excluding carboxylic acids is 2. The van der Waals surface area contributed by atoms with E-state index in [1.54, 1.807) is 18.2 Å². The quantitative estimate of drug-likeness (QED) is 0.849. The number of carbonyl (C=O) groups is 2. The van der Waals surface area contributed by atoms with Crippen molar-refractivity contribution < 1.29 is 9.59 Å². The number of nitrogens with one attached hydrogen (secondary N) is 2. The summed E-state index contributed by atoms with van der Waals surface area (Å²) in [4.78, 5) is 23.7. The van der Waals surface area contributed by atoms with Gasteiger partial charge >= 0.3 is 0 Å². The molecule has 0 spiro atoms. The van der Waals surface area contributed by atoms with Gasteiger partial charge in [-0.2, -0.15) is 0 Å². The van der Waals surface area contributed by atoms with Crippen LogP contribution in [0.25, 0.3) is 0 Å². The van der Waals surface area contributed by atoms with Crippen molar-refractivity contribution in [3.63, 3.8) is 0 Å². The number of aryl methyl sites for hydroxylation is 2. The van der Waals surface area contributed by atoms with E-state index >= 15 is 0 Å². The molecule has 4 heteroatoms. The Balaban J connectivity index is 1.90. The summed E-state index contributed by atoms with van der Waals surface area (Å²) in [5, 5.41) is 0. The Morgan fingerprint density at radius 3 is 2.43 bits per heavy atom. The van der Waals surface area contributed by atoms with E-state index in [-0.39, 0.29) is 18.2 Å². The molecule has 0 aliphatic heterocycles. The smallest absolute Gasteiger partial charge is 0.269 e. The average Bonchev–Trinajstić information content (AvgIpc) is 2.47. The number of hydrogen-bond donors (Lipinski definition) is 2. The first-order valence-corrected chi connectivity index (χ1v) is 6.76. The molecule has 0 saturated carbocycles. The Kier molecular flexibility index (Phi) is 4.72. The summed E-state index contributed by atoms with van der Waals surface area (Å²) < 4.78 is 0. The lowest BCUT2D eigenvalue weighted by Gasteiger charge is -2.09. The Labute approximate surface area is 124 Å². The standard InChI is InChI=1S/C17H18N2O2/c1-12-6-5-9-15(10-12)17(21)19-18-16(20)11-14-8-4-3-7-13(14)2/h3-10H,11H2,1-2H3,(H,18,20)(H,19,21). The van der Waals surface area contributed by atoms with Crippen LogP contribution in [0.2, 0.25) is 0 Å². The molecule has 0 saturated heterocycles. The Morgan fingerprint density at radius 1 is 0.952 bits per heavy atom. The molecule has 21 heavy (non-hydrogen) atoms. The van der Waals surface area contributed by atoms with Gasteiger partial charge in [-0.05, 0) is 37.1 Å². The van der Waals surface area contributed by atoms with Crippen molar-refractivity contribution in [1.29, 1.82) is 0 Å². The largest absolute Gasteiger partial charge is 0.273 e. The maximum absolute atomic E-state index is 11.9. The van der Waals surface area contributed by atoms with E-state index in [0.29, 0.717) is 5.56 Å². The molecule has 0 aliphatic carbocycles. The first-order chi connectivity index (χ1) is 10.1. The van der Waals surface area contributed by atoms with E-state index in [4.69, 9.17) is 0 Å². The molecule has 0 fully saturated rings. The van der Waals surface area contributed by atoms with Crippen LogP contribution >= 0.6 is 0 Å². The van der Waals surface area contributed by atoms with Crippen molar-refractivity contribution in [2.24, 2.45) is 0 Å². The number of rotatable bonds is 3. The highest BCUT2D eigenvalue weighted by molar-refractivity contribution is 5.95. The third kappa shape index (κ3) is 4.18. The molecule has 0 atom stereocenters. The maximum Gasteiger partial charge on any atom is 0.269 e. The van der Waals surface area contributed by atoms with Crippen LogP contribution in [0.3, 0.4) is 0 Å². The van der Waals surface area contributed by atoms with Crippen LogP contribution in [0, 0.1) is 13.8 Å². The molecule has 2 rings (SSSR count). The summed E-state index contributed by atoms with van der Waals surface area (Å²) in [6.45, 7) is 3.86. The summed E-state index contributed by atoms with van der Waals surface area (Å²) in [5.74, 6) is -0.567. The first-order valence-electron chi connectivity index (χ1n) is 6.76. The summed E-state index contributed by atoms with van der Waals surface area (Å²) in [7, 11) is 0. The summed E-state index contributed by atoms with van der Waals surface area (Å²) in [5.41, 5.74) is 8.38. The highest BCUT2D eigenvalue weighted by Crippen LogP contribution is 2.07. The molecule has 0 bridgehead atoms. The zero-order valence-electron chi connectivity index (χ0n) is 12.1. The normalized spacial score (nSPS) is 10.0. The molecule has 0 aliphatic rings. The lowest BCUT2D eigenvalue weighted by Crippen LogP contribution is -2.42. The Hall–Kier alpha value is -2.62. The lowest BCUT2D eigenvalue weighted by atomic mass is 10.1. The third-order valence-electron chi connectivity index (χ3n) is 3.21. The van der Waals surface area contributed by atoms with Gasteiger partial charge in [0.05, 0.1) is 6.42 Å². The molecule has 108 valence electrons. The molecule has 2 aromatic rings. The molecule has 2 aromatic carbocycles. The fourth-order valence-corrected chi connectivity index (χ4v) is 2.01. The number of hydrogen-bond acceptors (Lipinski definition) is 2. The van der Waals surface area contributed by atoms with Gasteiger partial charge in [0.15, 0.2) is 0 Å². The minimum Gasteiger partial charge on any atom is -0.273 e. The van der Waals surface area contributed by atoms with Gasteiger partial charge in [0, 0.05) is 5.56 Å². The predicted octanol–water partition coefficient (Wildman–Crippen LogP) is 2.31. The van der Waals surface area contributed by atoms with Crippen molar-refractivity contribution in [3.05, 3.63) is 70.8 Å². The van der Waals surface area contributed by atoms with Crippen molar-refractivity contribution in [3.8, 4) is 0 Å². The molecule has 0 heterocycles. The van der Waals surface area contributed by atoms with Crippen LogP contribution < -0.4 is 10.9 Å². The molecular weight excluding hydrogens is 264 g/mol. The third-order valence-corrected chi connectivity index (χ3v) is 3.21. The molecule has 0 unspecified atom stereocenters. The number of amides is 2. The maximum atomic E-state index is 11.9. The molecule has 4 nitrogen and oxygen atoms in total. The van der Waals surface area contributed by atoms with E-state index in [1.165, 1.54) is 0 Å². The SMILES string of the molecule is Cc1cccc(C(=O)NNC(=O)Cc2ccccc2C)c1. The average molecular weight is 282 g/mol. The fourth-order valence-electron chi connectivity index (χ4n) is 2.01. The van der Waals surface area contributed by atoms with Gasteiger partial charge in [-0.1, -0.05) is 42.0 Å². The van der Waals surface area contributed by atoms with Crippen molar-refractivity contribution in [2.45, 2.75) is 20.3 Å². The van der Waals surface area contributed by atoms with Gasteiger partial charge in [0.25, 0.3) is 5.91 Å². The van der Waals surface area contributed by atoms with Gasteiger partial charge in [-0.15, -0.1) is 0 Å². The zero-order chi connectivity index (χ0) is 15.2. The van der Waals surface area contributed by atoms with Gasteiger partial charge in [0.1, 0.15) is 0 Å². The van der Waals surface area contributed by atoms with E-state index in [9.17, 15) is 9.59 Å². The van der Waals surface area contributed by atoms with E-state index in [0.717, 1.165) is 16.7 Å². The monoisotopic (exact) mass is 282 g/mol. The second-order valence-corrected chi connectivity index (χ2v) is 4.98. The number of benzene rings is 2. The van der Waals surface area contributed by atoms with E-state index in [1.807, 2.05) is 44.2 Å². The molecule has 2 amide bonds. The summed E-state index contributed by atoms with van der Waals surface area (Å²) in [6, 6.07) is 14.9. The molecule has 0 aromatic heterocycles. The Morgan fingerprint density at radius 2 is 1.71 bits per heavy atom. The Bertz CT molecular complexity index is 665. The summed E-state index contributed by atoms with van der Waals surface area (Å²) in [6.07, 6.45) is 0.237. The fraction of sp³-hybridized carbons (Fsp3) is 0.176. The zero-order valence-corrected chi connectivity index (χ0v) is 12.1. The van der Waals surface area contributed by atoms with Crippen LogP contribution in [-0.2, 0) is 11.2 Å². The van der Waals surface area contributed by atoms with Crippen LogP contribution in [0.15, 0.2) is 48.5 Å². The first kappa shape index (κ1) is 14.8. The minimum atomic E-state index is -0.322. The highest BCUT2D eigenvalue weighted by atomic mass is 16.2.